The normalized spacial score (nSPS) is 18.5. The molecule has 1 aliphatic heterocycles. The fraction of sp³-hybridized carbons (Fsp3) is 0.212. The molecule has 0 aromatic heterocycles. The average molecular weight is 442 g/mol. The molecule has 0 radical (unpaired) electrons. The van der Waals surface area contributed by atoms with Crippen molar-refractivity contribution in [2.24, 2.45) is 0 Å². The van der Waals surface area contributed by atoms with E-state index in [1.54, 1.807) is 0 Å². The third kappa shape index (κ3) is 3.56. The van der Waals surface area contributed by atoms with Crippen molar-refractivity contribution in [2.75, 3.05) is 4.90 Å². The molecular formula is C33H31N. The Morgan fingerprint density at radius 3 is 2.00 bits per heavy atom. The van der Waals surface area contributed by atoms with Crippen molar-refractivity contribution in [3.05, 3.63) is 131 Å². The van der Waals surface area contributed by atoms with Crippen LogP contribution >= 0.6 is 0 Å². The van der Waals surface area contributed by atoms with Crippen LogP contribution in [0.2, 0.25) is 0 Å². The second-order valence-corrected chi connectivity index (χ2v) is 9.82. The highest BCUT2D eigenvalue weighted by molar-refractivity contribution is 5.98. The Labute approximate surface area is 203 Å². The van der Waals surface area contributed by atoms with Crippen LogP contribution in [-0.4, -0.2) is 6.04 Å². The summed E-state index contributed by atoms with van der Waals surface area (Å²) in [4.78, 5) is 2.62. The number of nitrogens with zero attached hydrogens (tertiary/aromatic N) is 1. The molecule has 4 aromatic rings. The Morgan fingerprint density at radius 1 is 0.706 bits per heavy atom. The first-order valence-electron chi connectivity index (χ1n) is 12.5. The Bertz CT molecular complexity index is 1290. The zero-order chi connectivity index (χ0) is 23.1. The minimum absolute atomic E-state index is 0.583. The highest BCUT2D eigenvalue weighted by Gasteiger charge is 2.42. The Kier molecular flexibility index (Phi) is 5.34. The molecule has 0 bridgehead atoms. The van der Waals surface area contributed by atoms with E-state index >= 15 is 0 Å². The summed E-state index contributed by atoms with van der Waals surface area (Å²) in [6.45, 7) is 4.45. The van der Waals surface area contributed by atoms with Crippen LogP contribution in [0.15, 0.2) is 103 Å². The molecule has 1 aliphatic carbocycles. The lowest BCUT2D eigenvalue weighted by atomic mass is 9.88. The number of rotatable bonds is 4. The molecule has 34 heavy (non-hydrogen) atoms. The van der Waals surface area contributed by atoms with Gasteiger partial charge < -0.3 is 4.90 Å². The average Bonchev–Trinajstić information content (AvgIpc) is 3.47. The number of hydrogen-bond donors (Lipinski definition) is 0. The molecular weight excluding hydrogens is 410 g/mol. The molecule has 0 amide bonds. The second-order valence-electron chi connectivity index (χ2n) is 9.82. The van der Waals surface area contributed by atoms with Gasteiger partial charge in [-0.05, 0) is 84.4 Å². The summed E-state index contributed by atoms with van der Waals surface area (Å²) in [5.74, 6) is 0.626. The van der Waals surface area contributed by atoms with Gasteiger partial charge in [0.25, 0.3) is 0 Å². The lowest BCUT2D eigenvalue weighted by Crippen LogP contribution is -2.26. The largest absolute Gasteiger partial charge is 0.338 e. The standard InChI is InChI=1S/C33H31N/c1-23-16-19-28(20-17-23)34-31-15-9-14-29(31)30-22-27(18-21-32(30)34)24(2)33(25-10-5-3-6-11-25)26-12-7-4-8-13-26/h3-8,10-13,16-22,29,31H,9,14-15H2,1-2H3. The predicted octanol–water partition coefficient (Wildman–Crippen LogP) is 8.76. The van der Waals surface area contributed by atoms with Crippen LogP contribution in [-0.2, 0) is 0 Å². The minimum atomic E-state index is 0.583. The fourth-order valence-electron chi connectivity index (χ4n) is 6.08. The SMILES string of the molecule is CC(=C(c1ccccc1)c1ccccc1)c1ccc2c(c1)C1CCCC1N2c1ccc(C)cc1. The molecule has 168 valence electrons. The zero-order valence-electron chi connectivity index (χ0n) is 20.0. The van der Waals surface area contributed by atoms with E-state index in [2.05, 4.69) is 122 Å². The molecule has 1 heterocycles. The van der Waals surface area contributed by atoms with Gasteiger partial charge in [0.2, 0.25) is 0 Å². The molecule has 1 nitrogen and oxygen atoms in total. The van der Waals surface area contributed by atoms with Crippen molar-refractivity contribution < 1.29 is 0 Å². The Morgan fingerprint density at radius 2 is 1.35 bits per heavy atom. The summed E-state index contributed by atoms with van der Waals surface area (Å²) in [6, 6.07) is 38.5. The van der Waals surface area contributed by atoms with Gasteiger partial charge in [-0.15, -0.1) is 0 Å². The third-order valence-corrected chi connectivity index (χ3v) is 7.74. The number of hydrogen-bond acceptors (Lipinski definition) is 1. The molecule has 1 saturated carbocycles. The fourth-order valence-corrected chi connectivity index (χ4v) is 6.08. The number of aryl methyl sites for hydroxylation is 1. The van der Waals surface area contributed by atoms with Gasteiger partial charge >= 0.3 is 0 Å². The summed E-state index contributed by atoms with van der Waals surface area (Å²) >= 11 is 0. The molecule has 2 unspecified atom stereocenters. The van der Waals surface area contributed by atoms with E-state index in [4.69, 9.17) is 0 Å². The van der Waals surface area contributed by atoms with E-state index in [1.807, 2.05) is 0 Å². The third-order valence-electron chi connectivity index (χ3n) is 7.74. The lowest BCUT2D eigenvalue weighted by molar-refractivity contribution is 0.642. The first-order valence-corrected chi connectivity index (χ1v) is 12.5. The van der Waals surface area contributed by atoms with Crippen molar-refractivity contribution in [3.8, 4) is 0 Å². The Balaban J connectivity index is 1.49. The molecule has 4 aromatic carbocycles. The summed E-state index contributed by atoms with van der Waals surface area (Å²) in [6.07, 6.45) is 3.88. The number of allylic oxidation sites excluding steroid dienone is 1. The van der Waals surface area contributed by atoms with Gasteiger partial charge in [0, 0.05) is 23.3 Å². The molecule has 1 fully saturated rings. The lowest BCUT2D eigenvalue weighted by Gasteiger charge is -2.27. The number of anilines is 2. The maximum Gasteiger partial charge on any atom is 0.0450 e. The smallest absolute Gasteiger partial charge is 0.0450 e. The monoisotopic (exact) mass is 441 g/mol. The van der Waals surface area contributed by atoms with E-state index in [0.29, 0.717) is 12.0 Å². The molecule has 2 aliphatic rings. The molecule has 2 atom stereocenters. The minimum Gasteiger partial charge on any atom is -0.338 e. The van der Waals surface area contributed by atoms with Crippen LogP contribution in [0, 0.1) is 6.92 Å². The summed E-state index contributed by atoms with van der Waals surface area (Å²) in [7, 11) is 0. The van der Waals surface area contributed by atoms with Gasteiger partial charge in [0.15, 0.2) is 0 Å². The number of benzene rings is 4. The van der Waals surface area contributed by atoms with Crippen LogP contribution in [0.25, 0.3) is 11.1 Å². The van der Waals surface area contributed by atoms with Crippen molar-refractivity contribution >= 4 is 22.5 Å². The van der Waals surface area contributed by atoms with Crippen LogP contribution in [0.4, 0.5) is 11.4 Å². The van der Waals surface area contributed by atoms with E-state index in [9.17, 15) is 0 Å². The van der Waals surface area contributed by atoms with Crippen molar-refractivity contribution in [1.82, 2.24) is 0 Å². The first kappa shape index (κ1) is 21.0. The summed E-state index contributed by atoms with van der Waals surface area (Å²) in [5, 5.41) is 0. The number of fused-ring (bicyclic) bond motifs is 3. The van der Waals surface area contributed by atoms with Gasteiger partial charge in [-0.25, -0.2) is 0 Å². The predicted molar refractivity (Wildman–Crippen MR) is 145 cm³/mol. The highest BCUT2D eigenvalue weighted by atomic mass is 15.2. The van der Waals surface area contributed by atoms with Gasteiger partial charge in [0.05, 0.1) is 0 Å². The molecule has 6 rings (SSSR count). The molecule has 0 spiro atoms. The van der Waals surface area contributed by atoms with Gasteiger partial charge in [0.1, 0.15) is 0 Å². The zero-order valence-corrected chi connectivity index (χ0v) is 20.0. The molecule has 0 saturated heterocycles. The van der Waals surface area contributed by atoms with Crippen LogP contribution in [0.1, 0.15) is 59.9 Å². The van der Waals surface area contributed by atoms with Crippen molar-refractivity contribution in [2.45, 2.75) is 45.1 Å². The van der Waals surface area contributed by atoms with Crippen LogP contribution in [0.5, 0.6) is 0 Å². The Hall–Kier alpha value is -3.58. The molecule has 1 heteroatoms. The van der Waals surface area contributed by atoms with Crippen LogP contribution < -0.4 is 4.90 Å². The maximum absolute atomic E-state index is 2.62. The maximum atomic E-state index is 2.62. The summed E-state index contributed by atoms with van der Waals surface area (Å²) in [5.41, 5.74) is 12.1. The van der Waals surface area contributed by atoms with Gasteiger partial charge in [-0.1, -0.05) is 90.8 Å². The second kappa shape index (κ2) is 8.65. The van der Waals surface area contributed by atoms with Crippen molar-refractivity contribution in [1.29, 1.82) is 0 Å². The molecule has 0 N–H and O–H groups in total. The van der Waals surface area contributed by atoms with E-state index in [-0.39, 0.29) is 0 Å². The van der Waals surface area contributed by atoms with E-state index in [0.717, 1.165) is 0 Å². The van der Waals surface area contributed by atoms with Gasteiger partial charge in [-0.2, -0.15) is 0 Å². The van der Waals surface area contributed by atoms with E-state index in [1.165, 1.54) is 69.6 Å². The highest BCUT2D eigenvalue weighted by Crippen LogP contribution is 2.53. The van der Waals surface area contributed by atoms with Gasteiger partial charge in [-0.3, -0.25) is 0 Å². The summed E-state index contributed by atoms with van der Waals surface area (Å²) < 4.78 is 0. The quantitative estimate of drug-likeness (QED) is 0.286. The topological polar surface area (TPSA) is 3.24 Å². The van der Waals surface area contributed by atoms with Crippen LogP contribution in [0.3, 0.4) is 0 Å². The van der Waals surface area contributed by atoms with E-state index < -0.39 is 0 Å². The van der Waals surface area contributed by atoms with Crippen molar-refractivity contribution in [3.63, 3.8) is 0 Å². The first-order chi connectivity index (χ1) is 16.7.